The highest BCUT2D eigenvalue weighted by molar-refractivity contribution is 5.66. The number of hydrogen-bond donors (Lipinski definition) is 2. The average molecular weight is 405 g/mol. The minimum absolute atomic E-state index is 0.00486. The Morgan fingerprint density at radius 3 is 2.07 bits per heavy atom. The van der Waals surface area contributed by atoms with Crippen molar-refractivity contribution in [3.05, 3.63) is 35.4 Å². The van der Waals surface area contributed by atoms with Crippen molar-refractivity contribution in [3.63, 3.8) is 0 Å². The van der Waals surface area contributed by atoms with Crippen LogP contribution in [0.2, 0.25) is 0 Å². The summed E-state index contributed by atoms with van der Waals surface area (Å²) in [4.78, 5) is 22.4. The van der Waals surface area contributed by atoms with Crippen LogP contribution in [0.1, 0.15) is 114 Å². The predicted molar refractivity (Wildman–Crippen MR) is 118 cm³/mol. The van der Waals surface area contributed by atoms with Crippen LogP contribution in [-0.2, 0) is 9.59 Å². The number of rotatable bonds is 17. The molecule has 0 amide bonds. The number of hydrogen-bond acceptors (Lipinski definition) is 3. The first kappa shape index (κ1) is 25.4. The third-order valence-corrected chi connectivity index (χ3v) is 5.80. The Hall–Kier alpha value is -1.68. The van der Waals surface area contributed by atoms with Crippen molar-refractivity contribution in [2.75, 3.05) is 0 Å². The lowest BCUT2D eigenvalue weighted by atomic mass is 9.80. The summed E-state index contributed by atoms with van der Waals surface area (Å²) in [5.74, 6) is -0.532. The van der Waals surface area contributed by atoms with Gasteiger partial charge in [0.25, 0.3) is 0 Å². The molecule has 0 aromatic heterocycles. The third kappa shape index (κ3) is 10.1. The standard InChI is InChI=1S/C25H40O4/c1-3-5-8-13-24(27)21-17-15-20(16-18-21)23(11-4-2)22(19-26)12-9-6-7-10-14-25(28)29/h15-19,22-24,27H,3-14H2,1-2H3,(H,28,29)/t22?,23-,24?/m0/s1. The smallest absolute Gasteiger partial charge is 0.303 e. The summed E-state index contributed by atoms with van der Waals surface area (Å²) >= 11 is 0. The summed E-state index contributed by atoms with van der Waals surface area (Å²) in [6.07, 6.45) is 11.4. The molecule has 0 aliphatic rings. The van der Waals surface area contributed by atoms with Gasteiger partial charge in [0.15, 0.2) is 0 Å². The number of carboxylic acids is 1. The summed E-state index contributed by atoms with van der Waals surface area (Å²) in [6.45, 7) is 4.31. The molecule has 1 aromatic rings. The molecular weight excluding hydrogens is 364 g/mol. The van der Waals surface area contributed by atoms with Gasteiger partial charge in [0.2, 0.25) is 0 Å². The van der Waals surface area contributed by atoms with Crippen molar-refractivity contribution in [1.29, 1.82) is 0 Å². The Bertz CT molecular complexity index is 567. The van der Waals surface area contributed by atoms with E-state index >= 15 is 0 Å². The highest BCUT2D eigenvalue weighted by atomic mass is 16.4. The van der Waals surface area contributed by atoms with Gasteiger partial charge in [-0.3, -0.25) is 4.79 Å². The van der Waals surface area contributed by atoms with Crippen LogP contribution >= 0.6 is 0 Å². The minimum atomic E-state index is -0.738. The SMILES string of the molecule is CCCCCC(O)c1ccc([C@H](CCC)C(C=O)CCCCCCC(=O)O)cc1. The van der Waals surface area contributed by atoms with Gasteiger partial charge in [-0.25, -0.2) is 0 Å². The Kier molecular flexibility index (Phi) is 13.3. The van der Waals surface area contributed by atoms with Gasteiger partial charge in [-0.15, -0.1) is 0 Å². The number of aliphatic hydroxyl groups excluding tert-OH is 1. The Morgan fingerprint density at radius 1 is 0.862 bits per heavy atom. The van der Waals surface area contributed by atoms with Crippen LogP contribution in [0, 0.1) is 5.92 Å². The van der Waals surface area contributed by atoms with Crippen LogP contribution in [0.4, 0.5) is 0 Å². The van der Waals surface area contributed by atoms with E-state index in [4.69, 9.17) is 5.11 Å². The van der Waals surface area contributed by atoms with E-state index in [1.54, 1.807) is 0 Å². The van der Waals surface area contributed by atoms with E-state index in [9.17, 15) is 14.7 Å². The van der Waals surface area contributed by atoms with Crippen molar-refractivity contribution in [3.8, 4) is 0 Å². The van der Waals surface area contributed by atoms with Gasteiger partial charge in [-0.2, -0.15) is 0 Å². The Labute approximate surface area is 176 Å². The first-order valence-corrected chi connectivity index (χ1v) is 11.5. The fourth-order valence-corrected chi connectivity index (χ4v) is 4.03. The molecule has 0 radical (unpaired) electrons. The van der Waals surface area contributed by atoms with Crippen molar-refractivity contribution in [1.82, 2.24) is 0 Å². The molecule has 0 aliphatic heterocycles. The lowest BCUT2D eigenvalue weighted by Crippen LogP contribution is -2.15. The van der Waals surface area contributed by atoms with Gasteiger partial charge < -0.3 is 15.0 Å². The fourth-order valence-electron chi connectivity index (χ4n) is 4.03. The first-order chi connectivity index (χ1) is 14.0. The molecular formula is C25H40O4. The van der Waals surface area contributed by atoms with Gasteiger partial charge >= 0.3 is 5.97 Å². The van der Waals surface area contributed by atoms with Crippen LogP contribution in [0.5, 0.6) is 0 Å². The number of carboxylic acid groups (broad SMARTS) is 1. The van der Waals surface area contributed by atoms with Gasteiger partial charge in [0, 0.05) is 12.3 Å². The number of carbonyl (C=O) groups is 2. The molecule has 0 saturated carbocycles. The van der Waals surface area contributed by atoms with Crippen LogP contribution < -0.4 is 0 Å². The third-order valence-electron chi connectivity index (χ3n) is 5.80. The highest BCUT2D eigenvalue weighted by Gasteiger charge is 2.22. The molecule has 29 heavy (non-hydrogen) atoms. The normalized spacial score (nSPS) is 14.3. The summed E-state index contributed by atoms with van der Waals surface area (Å²) in [6, 6.07) is 8.20. The monoisotopic (exact) mass is 404 g/mol. The Morgan fingerprint density at radius 2 is 1.48 bits per heavy atom. The van der Waals surface area contributed by atoms with E-state index in [1.165, 1.54) is 5.56 Å². The van der Waals surface area contributed by atoms with E-state index in [2.05, 4.69) is 26.0 Å². The maximum atomic E-state index is 11.8. The highest BCUT2D eigenvalue weighted by Crippen LogP contribution is 2.33. The van der Waals surface area contributed by atoms with Gasteiger partial charge in [0.1, 0.15) is 6.29 Å². The second kappa shape index (κ2) is 15.2. The molecule has 0 fully saturated rings. The van der Waals surface area contributed by atoms with Crippen molar-refractivity contribution in [2.45, 2.75) is 103 Å². The summed E-state index contributed by atoms with van der Waals surface area (Å²) < 4.78 is 0. The summed E-state index contributed by atoms with van der Waals surface area (Å²) in [5, 5.41) is 19.1. The number of benzene rings is 1. The van der Waals surface area contributed by atoms with Crippen molar-refractivity contribution in [2.24, 2.45) is 5.92 Å². The summed E-state index contributed by atoms with van der Waals surface area (Å²) in [5.41, 5.74) is 2.14. The molecule has 0 aliphatic carbocycles. The van der Waals surface area contributed by atoms with Crippen LogP contribution in [0.3, 0.4) is 0 Å². The predicted octanol–water partition coefficient (Wildman–Crippen LogP) is 6.42. The zero-order chi connectivity index (χ0) is 21.5. The Balaban J connectivity index is 2.63. The van der Waals surface area contributed by atoms with E-state index in [1.807, 2.05) is 12.1 Å². The zero-order valence-electron chi connectivity index (χ0n) is 18.3. The molecule has 2 unspecified atom stereocenters. The second-order valence-corrected chi connectivity index (χ2v) is 8.22. The number of aldehydes is 1. The quantitative estimate of drug-likeness (QED) is 0.232. The molecule has 4 heteroatoms. The van der Waals surface area contributed by atoms with Gasteiger partial charge in [-0.1, -0.05) is 83.1 Å². The number of aliphatic hydroxyl groups is 1. The lowest BCUT2D eigenvalue weighted by molar-refractivity contribution is -0.137. The van der Waals surface area contributed by atoms with Crippen LogP contribution in [-0.4, -0.2) is 22.5 Å². The van der Waals surface area contributed by atoms with E-state index < -0.39 is 12.1 Å². The number of aliphatic carboxylic acids is 1. The molecule has 1 rings (SSSR count). The van der Waals surface area contributed by atoms with Crippen LogP contribution in [0.15, 0.2) is 24.3 Å². The van der Waals surface area contributed by atoms with Crippen molar-refractivity contribution < 1.29 is 19.8 Å². The minimum Gasteiger partial charge on any atom is -0.481 e. The van der Waals surface area contributed by atoms with E-state index in [0.29, 0.717) is 6.42 Å². The first-order valence-electron chi connectivity index (χ1n) is 11.5. The fraction of sp³-hybridized carbons (Fsp3) is 0.680. The maximum absolute atomic E-state index is 11.8. The van der Waals surface area contributed by atoms with Crippen LogP contribution in [0.25, 0.3) is 0 Å². The molecule has 3 atom stereocenters. The molecule has 1 aromatic carbocycles. The van der Waals surface area contributed by atoms with Gasteiger partial charge in [0.05, 0.1) is 6.10 Å². The molecule has 4 nitrogen and oxygen atoms in total. The van der Waals surface area contributed by atoms with E-state index in [-0.39, 0.29) is 18.3 Å². The molecule has 0 heterocycles. The van der Waals surface area contributed by atoms with Gasteiger partial charge in [-0.05, 0) is 42.7 Å². The zero-order valence-corrected chi connectivity index (χ0v) is 18.3. The van der Waals surface area contributed by atoms with E-state index in [0.717, 1.165) is 76.1 Å². The number of unbranched alkanes of at least 4 members (excludes halogenated alkanes) is 5. The average Bonchev–Trinajstić information content (AvgIpc) is 2.72. The van der Waals surface area contributed by atoms with Crippen molar-refractivity contribution >= 4 is 12.3 Å². The molecule has 2 N–H and O–H groups in total. The second-order valence-electron chi connectivity index (χ2n) is 8.22. The summed E-state index contributed by atoms with van der Waals surface area (Å²) in [7, 11) is 0. The largest absolute Gasteiger partial charge is 0.481 e. The molecule has 164 valence electrons. The molecule has 0 saturated heterocycles. The topological polar surface area (TPSA) is 74.6 Å². The lowest BCUT2D eigenvalue weighted by Gasteiger charge is -2.24. The molecule has 0 bridgehead atoms. The maximum Gasteiger partial charge on any atom is 0.303 e. The molecule has 0 spiro atoms. The number of carbonyl (C=O) groups excluding carboxylic acids is 1.